The number of hydrogen-bond acceptors (Lipinski definition) is 5. The molecule has 1 amide bonds. The van der Waals surface area contributed by atoms with Crippen LogP contribution in [0.5, 0.6) is 0 Å². The van der Waals surface area contributed by atoms with E-state index < -0.39 is 0 Å². The van der Waals surface area contributed by atoms with Crippen LogP contribution in [0.25, 0.3) is 22.0 Å². The second-order valence-electron chi connectivity index (χ2n) is 9.63. The Bertz CT molecular complexity index is 1530. The van der Waals surface area contributed by atoms with Crippen LogP contribution in [0.1, 0.15) is 28.1 Å². The molecular formula is C30H29N5OS. The molecule has 1 N–H and O–H groups in total. The van der Waals surface area contributed by atoms with E-state index in [-0.39, 0.29) is 11.9 Å². The van der Waals surface area contributed by atoms with Gasteiger partial charge in [0.25, 0.3) is 0 Å². The lowest BCUT2D eigenvalue weighted by molar-refractivity contribution is -0.136. The molecule has 0 aliphatic carbocycles. The smallest absolute Gasteiger partial charge is 0.230 e. The Morgan fingerprint density at radius 1 is 1.03 bits per heavy atom. The van der Waals surface area contributed by atoms with E-state index in [9.17, 15) is 4.79 Å². The number of nitrogens with one attached hydrogen (secondary N) is 1. The molecule has 1 fully saturated rings. The predicted octanol–water partition coefficient (Wildman–Crippen LogP) is 5.62. The number of carbonyl (C=O) groups excluding carboxylic acids is 1. The molecule has 7 heteroatoms. The normalized spacial score (nSPS) is 16.4. The van der Waals surface area contributed by atoms with E-state index in [0.717, 1.165) is 47.4 Å². The van der Waals surface area contributed by atoms with Gasteiger partial charge in [0.15, 0.2) is 0 Å². The van der Waals surface area contributed by atoms with Crippen molar-refractivity contribution >= 4 is 28.0 Å². The Morgan fingerprint density at radius 2 is 1.84 bits per heavy atom. The number of aromatic nitrogens is 3. The largest absolute Gasteiger partial charge is 0.340 e. The zero-order chi connectivity index (χ0) is 25.2. The minimum atomic E-state index is -0.153. The van der Waals surface area contributed by atoms with Crippen LogP contribution < -0.4 is 0 Å². The second-order valence-corrected chi connectivity index (χ2v) is 10.6. The summed E-state index contributed by atoms with van der Waals surface area (Å²) in [5.41, 5.74) is 4.29. The number of benzene rings is 3. The molecule has 6 rings (SSSR count). The fraction of sp³-hybridized carbons (Fsp3) is 0.233. The zero-order valence-corrected chi connectivity index (χ0v) is 21.6. The van der Waals surface area contributed by atoms with Gasteiger partial charge in [-0.3, -0.25) is 9.69 Å². The molecule has 1 aliphatic heterocycles. The molecule has 5 aromatic rings. The van der Waals surface area contributed by atoms with E-state index in [4.69, 9.17) is 4.98 Å². The van der Waals surface area contributed by atoms with Crippen LogP contribution in [0, 0.1) is 6.92 Å². The van der Waals surface area contributed by atoms with Crippen molar-refractivity contribution in [1.82, 2.24) is 24.8 Å². The third-order valence-electron chi connectivity index (χ3n) is 6.97. The molecule has 0 saturated carbocycles. The van der Waals surface area contributed by atoms with Gasteiger partial charge in [-0.1, -0.05) is 66.7 Å². The van der Waals surface area contributed by atoms with Crippen molar-refractivity contribution in [2.24, 2.45) is 0 Å². The van der Waals surface area contributed by atoms with Gasteiger partial charge in [0.2, 0.25) is 5.91 Å². The number of piperazine rings is 1. The van der Waals surface area contributed by atoms with Gasteiger partial charge in [0.1, 0.15) is 16.9 Å². The van der Waals surface area contributed by atoms with Crippen molar-refractivity contribution in [2.45, 2.75) is 25.9 Å². The molecule has 3 heterocycles. The monoisotopic (exact) mass is 507 g/mol. The number of nitrogens with zero attached hydrogens (tertiary/aromatic N) is 4. The SMILES string of the molecule is Cc1csc(CC(=O)N2CCN(Cc3ccccc3)CC2c2ncc(-c3ccc4ccccc4c3)[nH]2)n1. The molecule has 37 heavy (non-hydrogen) atoms. The highest BCUT2D eigenvalue weighted by molar-refractivity contribution is 7.09. The number of fused-ring (bicyclic) bond motifs is 1. The summed E-state index contributed by atoms with van der Waals surface area (Å²) in [5, 5.41) is 5.27. The first kappa shape index (κ1) is 23.6. The highest BCUT2D eigenvalue weighted by atomic mass is 32.1. The van der Waals surface area contributed by atoms with Crippen LogP contribution >= 0.6 is 11.3 Å². The lowest BCUT2D eigenvalue weighted by atomic mass is 10.1. The molecular weight excluding hydrogens is 478 g/mol. The number of imidazole rings is 1. The summed E-state index contributed by atoms with van der Waals surface area (Å²) in [4.78, 5) is 30.7. The predicted molar refractivity (Wildman–Crippen MR) is 148 cm³/mol. The van der Waals surface area contributed by atoms with Crippen molar-refractivity contribution < 1.29 is 4.79 Å². The van der Waals surface area contributed by atoms with E-state index in [1.807, 2.05) is 29.5 Å². The van der Waals surface area contributed by atoms with Crippen molar-refractivity contribution in [3.8, 4) is 11.3 Å². The van der Waals surface area contributed by atoms with Gasteiger partial charge in [-0.25, -0.2) is 9.97 Å². The highest BCUT2D eigenvalue weighted by Crippen LogP contribution is 2.29. The van der Waals surface area contributed by atoms with Gasteiger partial charge >= 0.3 is 0 Å². The van der Waals surface area contributed by atoms with Gasteiger partial charge < -0.3 is 9.88 Å². The first-order chi connectivity index (χ1) is 18.1. The molecule has 0 radical (unpaired) electrons. The van der Waals surface area contributed by atoms with Crippen LogP contribution in [0.2, 0.25) is 0 Å². The van der Waals surface area contributed by atoms with Gasteiger partial charge in [-0.15, -0.1) is 11.3 Å². The molecule has 0 spiro atoms. The zero-order valence-electron chi connectivity index (χ0n) is 20.8. The van der Waals surface area contributed by atoms with Crippen LogP contribution in [-0.2, 0) is 17.8 Å². The molecule has 2 aromatic heterocycles. The van der Waals surface area contributed by atoms with E-state index in [2.05, 4.69) is 81.6 Å². The maximum absolute atomic E-state index is 13.5. The van der Waals surface area contributed by atoms with Crippen molar-refractivity contribution in [3.05, 3.63) is 106 Å². The molecule has 3 aromatic carbocycles. The molecule has 186 valence electrons. The second kappa shape index (κ2) is 10.3. The van der Waals surface area contributed by atoms with Crippen molar-refractivity contribution in [1.29, 1.82) is 0 Å². The Hall–Kier alpha value is -3.81. The number of rotatable bonds is 6. The van der Waals surface area contributed by atoms with Crippen LogP contribution in [0.3, 0.4) is 0 Å². The number of thiazole rings is 1. The standard InChI is InChI=1S/C30H29N5OS/c1-21-20-37-28(32-21)16-29(36)35-14-13-34(18-22-7-3-2-4-8-22)19-27(35)30-31-17-26(33-30)25-12-11-23-9-5-6-10-24(23)15-25/h2-12,15,17,20,27H,13-14,16,18-19H2,1H3,(H,31,33). The summed E-state index contributed by atoms with van der Waals surface area (Å²) in [5.74, 6) is 0.923. The fourth-order valence-corrected chi connectivity index (χ4v) is 5.84. The molecule has 1 atom stereocenters. The van der Waals surface area contributed by atoms with Crippen LogP contribution in [-0.4, -0.2) is 50.3 Å². The van der Waals surface area contributed by atoms with Crippen molar-refractivity contribution in [3.63, 3.8) is 0 Å². The first-order valence-corrected chi connectivity index (χ1v) is 13.5. The van der Waals surface area contributed by atoms with Gasteiger partial charge in [0, 0.05) is 42.8 Å². The maximum Gasteiger partial charge on any atom is 0.230 e. The summed E-state index contributed by atoms with van der Waals surface area (Å²) in [6.45, 7) is 5.03. The van der Waals surface area contributed by atoms with E-state index in [0.29, 0.717) is 13.0 Å². The number of H-pyrrole nitrogens is 1. The Labute approximate surface area is 220 Å². The molecule has 0 bridgehead atoms. The summed E-state index contributed by atoms with van der Waals surface area (Å²) < 4.78 is 0. The summed E-state index contributed by atoms with van der Waals surface area (Å²) >= 11 is 1.55. The Kier molecular flexibility index (Phi) is 6.55. The quantitative estimate of drug-likeness (QED) is 0.324. The number of amides is 1. The van der Waals surface area contributed by atoms with E-state index >= 15 is 0 Å². The topological polar surface area (TPSA) is 65.1 Å². The number of hydrogen-bond donors (Lipinski definition) is 1. The molecule has 1 saturated heterocycles. The average Bonchev–Trinajstić information content (AvgIpc) is 3.58. The minimum absolute atomic E-state index is 0.0994. The summed E-state index contributed by atoms with van der Waals surface area (Å²) in [6, 6.07) is 25.1. The van der Waals surface area contributed by atoms with Crippen LogP contribution in [0.15, 0.2) is 84.4 Å². The third kappa shape index (κ3) is 5.19. The highest BCUT2D eigenvalue weighted by Gasteiger charge is 2.33. The van der Waals surface area contributed by atoms with E-state index in [1.54, 1.807) is 11.3 Å². The van der Waals surface area contributed by atoms with Gasteiger partial charge in [-0.05, 0) is 29.3 Å². The maximum atomic E-state index is 13.5. The summed E-state index contributed by atoms with van der Waals surface area (Å²) in [6.07, 6.45) is 2.22. The Morgan fingerprint density at radius 3 is 2.65 bits per heavy atom. The molecule has 1 aliphatic rings. The fourth-order valence-electron chi connectivity index (χ4n) is 5.08. The number of carbonyl (C=O) groups is 1. The Balaban J connectivity index is 1.28. The van der Waals surface area contributed by atoms with Gasteiger partial charge in [-0.2, -0.15) is 0 Å². The number of aromatic amines is 1. The van der Waals surface area contributed by atoms with E-state index in [1.165, 1.54) is 16.3 Å². The lowest BCUT2D eigenvalue weighted by Gasteiger charge is -2.40. The first-order valence-electron chi connectivity index (χ1n) is 12.6. The van der Waals surface area contributed by atoms with Gasteiger partial charge in [0.05, 0.1) is 18.3 Å². The average molecular weight is 508 g/mol. The number of aryl methyl sites for hydroxylation is 1. The molecule has 1 unspecified atom stereocenters. The third-order valence-corrected chi connectivity index (χ3v) is 7.94. The summed E-state index contributed by atoms with van der Waals surface area (Å²) in [7, 11) is 0. The molecule has 6 nitrogen and oxygen atoms in total. The van der Waals surface area contributed by atoms with Crippen molar-refractivity contribution in [2.75, 3.05) is 19.6 Å². The van der Waals surface area contributed by atoms with Crippen LogP contribution in [0.4, 0.5) is 0 Å². The lowest BCUT2D eigenvalue weighted by Crippen LogP contribution is -2.51. The minimum Gasteiger partial charge on any atom is -0.340 e.